The molecule has 0 aliphatic rings. The average Bonchev–Trinajstić information content (AvgIpc) is 3.33. The number of ether oxygens (including phenoxy) is 2. The quantitative estimate of drug-likeness (QED) is 0.205. The number of rotatable bonds is 7. The molecule has 4 heterocycles. The van der Waals surface area contributed by atoms with E-state index in [0.29, 0.717) is 28.3 Å². The summed E-state index contributed by atoms with van der Waals surface area (Å²) < 4.78 is 52.5. The molecule has 0 fully saturated rings. The SMILES string of the molecule is COc1ccnc(Cn2cccc(C(F)(F)F)c2=O)c1COc1cccc2c(-c3c[s+](Cl)cn3)cc(C)nc12. The first-order valence-corrected chi connectivity index (χ1v) is 13.8. The van der Waals surface area contributed by atoms with Crippen LogP contribution in [0.5, 0.6) is 11.5 Å². The normalized spacial score (nSPS) is 12.1. The van der Waals surface area contributed by atoms with Crippen LogP contribution in [0.4, 0.5) is 13.2 Å². The van der Waals surface area contributed by atoms with Gasteiger partial charge in [0.1, 0.15) is 44.6 Å². The van der Waals surface area contributed by atoms with Crippen LogP contribution in [0.2, 0.25) is 0 Å². The van der Waals surface area contributed by atoms with Gasteiger partial charge in [-0.25, -0.2) is 4.98 Å². The molecule has 39 heavy (non-hydrogen) atoms. The maximum Gasteiger partial charge on any atom is 0.421 e. The molecule has 0 aliphatic heterocycles. The topological polar surface area (TPSA) is 79.1 Å². The second kappa shape index (κ2) is 10.7. The van der Waals surface area contributed by atoms with Crippen molar-refractivity contribution in [2.45, 2.75) is 26.3 Å². The summed E-state index contributed by atoms with van der Waals surface area (Å²) in [5, 5.41) is 2.71. The van der Waals surface area contributed by atoms with Gasteiger partial charge in [0.2, 0.25) is 16.2 Å². The Labute approximate surface area is 227 Å². The standard InChI is InChI=1S/C27H21ClF3N4O3S/c1-16-11-18(22-14-39(28)15-33-22)17-5-3-7-24(25(17)34-16)38-13-19-21(32-9-8-23(19)37-2)12-35-10-4-6-20(26(35)36)27(29,30)31/h3-11,14-15H,12-13H2,1-2H3/q+1. The highest BCUT2D eigenvalue weighted by Gasteiger charge is 2.34. The Morgan fingerprint density at radius 2 is 1.92 bits per heavy atom. The first kappa shape index (κ1) is 26.6. The van der Waals surface area contributed by atoms with Crippen LogP contribution in [0, 0.1) is 6.92 Å². The number of methoxy groups -OCH3 is 1. The zero-order valence-corrected chi connectivity index (χ0v) is 22.3. The molecule has 7 nitrogen and oxygen atoms in total. The molecule has 0 radical (unpaired) electrons. The van der Waals surface area contributed by atoms with Gasteiger partial charge in [-0.15, -0.1) is 0 Å². The van der Waals surface area contributed by atoms with E-state index in [1.807, 2.05) is 30.5 Å². The molecule has 1 unspecified atom stereocenters. The van der Waals surface area contributed by atoms with Crippen LogP contribution in [0.3, 0.4) is 0 Å². The number of hydrogen-bond acceptors (Lipinski definition) is 6. The van der Waals surface area contributed by atoms with Gasteiger partial charge in [-0.2, -0.15) is 18.2 Å². The number of aromatic nitrogens is 4. The van der Waals surface area contributed by atoms with E-state index in [9.17, 15) is 18.0 Å². The van der Waals surface area contributed by atoms with Crippen LogP contribution < -0.4 is 15.0 Å². The average molecular weight is 574 g/mol. The fourth-order valence-electron chi connectivity index (χ4n) is 4.27. The molecular weight excluding hydrogens is 553 g/mol. The van der Waals surface area contributed by atoms with Crippen LogP contribution in [0.1, 0.15) is 22.5 Å². The van der Waals surface area contributed by atoms with Crippen molar-refractivity contribution in [2.75, 3.05) is 7.11 Å². The van der Waals surface area contributed by atoms with Crippen LogP contribution in [-0.4, -0.2) is 26.6 Å². The lowest BCUT2D eigenvalue weighted by Crippen LogP contribution is -2.28. The summed E-state index contributed by atoms with van der Waals surface area (Å²) in [5.41, 5.74) is 3.10. The van der Waals surface area contributed by atoms with Crippen molar-refractivity contribution in [2.24, 2.45) is 0 Å². The highest BCUT2D eigenvalue weighted by Crippen LogP contribution is 2.36. The molecule has 200 valence electrons. The molecule has 1 atom stereocenters. The van der Waals surface area contributed by atoms with Gasteiger partial charge >= 0.3 is 6.18 Å². The maximum absolute atomic E-state index is 13.3. The monoisotopic (exact) mass is 573 g/mol. The number of hydrogen-bond donors (Lipinski definition) is 0. The van der Waals surface area contributed by atoms with E-state index in [-0.39, 0.29) is 13.2 Å². The number of para-hydroxylation sites is 1. The third-order valence-electron chi connectivity index (χ3n) is 6.06. The lowest BCUT2D eigenvalue weighted by atomic mass is 10.1. The van der Waals surface area contributed by atoms with Gasteiger partial charge in [-0.1, -0.05) is 12.1 Å². The Morgan fingerprint density at radius 3 is 2.64 bits per heavy atom. The predicted molar refractivity (Wildman–Crippen MR) is 143 cm³/mol. The van der Waals surface area contributed by atoms with E-state index in [4.69, 9.17) is 20.2 Å². The molecule has 1 aromatic carbocycles. The second-order valence-electron chi connectivity index (χ2n) is 8.60. The lowest BCUT2D eigenvalue weighted by Gasteiger charge is -2.16. The molecule has 0 aliphatic carbocycles. The van der Waals surface area contributed by atoms with Crippen LogP contribution in [-0.2, 0) is 19.3 Å². The van der Waals surface area contributed by atoms with Crippen molar-refractivity contribution >= 4 is 31.3 Å². The summed E-state index contributed by atoms with van der Waals surface area (Å²) in [4.78, 5) is 26.0. The molecule has 0 N–H and O–H groups in total. The minimum Gasteiger partial charge on any atom is -0.496 e. The van der Waals surface area contributed by atoms with Crippen molar-refractivity contribution in [1.82, 2.24) is 19.5 Å². The van der Waals surface area contributed by atoms with Gasteiger partial charge < -0.3 is 14.0 Å². The number of aryl methyl sites for hydroxylation is 1. The number of nitrogens with zero attached hydrogens (tertiary/aromatic N) is 4. The third kappa shape index (κ3) is 5.45. The van der Waals surface area contributed by atoms with Crippen LogP contribution in [0.15, 0.2) is 70.5 Å². The molecule has 4 aromatic heterocycles. The molecule has 5 aromatic rings. The van der Waals surface area contributed by atoms with Crippen molar-refractivity contribution in [3.63, 3.8) is 0 Å². The van der Waals surface area contributed by atoms with Gasteiger partial charge in [0.05, 0.1) is 24.9 Å². The van der Waals surface area contributed by atoms with Gasteiger partial charge in [0.15, 0.2) is 5.38 Å². The zero-order chi connectivity index (χ0) is 27.7. The smallest absolute Gasteiger partial charge is 0.421 e. The Kier molecular flexibility index (Phi) is 7.28. The van der Waals surface area contributed by atoms with E-state index in [0.717, 1.165) is 33.0 Å². The van der Waals surface area contributed by atoms with E-state index < -0.39 is 27.0 Å². The van der Waals surface area contributed by atoms with Gasteiger partial charge in [-0.05, 0) is 37.3 Å². The number of pyridine rings is 3. The largest absolute Gasteiger partial charge is 0.496 e. The summed E-state index contributed by atoms with van der Waals surface area (Å²) in [7, 11) is 7.11. The van der Waals surface area contributed by atoms with E-state index in [2.05, 4.69) is 15.0 Å². The molecule has 0 saturated carbocycles. The lowest BCUT2D eigenvalue weighted by molar-refractivity contribution is -0.138. The first-order valence-electron chi connectivity index (χ1n) is 11.6. The van der Waals surface area contributed by atoms with Crippen molar-refractivity contribution in [3.05, 3.63) is 98.6 Å². The number of thiazole rings is 1. The van der Waals surface area contributed by atoms with Crippen LogP contribution in [0.25, 0.3) is 22.2 Å². The number of benzene rings is 1. The van der Waals surface area contributed by atoms with Crippen molar-refractivity contribution in [1.29, 1.82) is 0 Å². The first-order chi connectivity index (χ1) is 18.7. The Bertz CT molecular complexity index is 1740. The molecule has 0 saturated heterocycles. The zero-order valence-electron chi connectivity index (χ0n) is 20.7. The fourth-order valence-corrected chi connectivity index (χ4v) is 5.32. The molecular formula is C27H21ClF3N4O3S+. The molecule has 0 spiro atoms. The Balaban J connectivity index is 1.51. The van der Waals surface area contributed by atoms with E-state index in [1.54, 1.807) is 17.6 Å². The minimum absolute atomic E-state index is 0.0316. The Morgan fingerprint density at radius 1 is 1.10 bits per heavy atom. The molecule has 0 bridgehead atoms. The summed E-state index contributed by atoms with van der Waals surface area (Å²) in [6.07, 6.45) is -2.02. The number of fused-ring (bicyclic) bond motifs is 1. The molecule has 12 heteroatoms. The molecule has 5 rings (SSSR count). The van der Waals surface area contributed by atoms with Gasteiger partial charge in [0.25, 0.3) is 5.56 Å². The summed E-state index contributed by atoms with van der Waals surface area (Å²) >= 11 is 0. The molecule has 0 amide bonds. The van der Waals surface area contributed by atoms with E-state index >= 15 is 0 Å². The van der Waals surface area contributed by atoms with Crippen LogP contribution >= 0.6 is 20.4 Å². The fraction of sp³-hybridized carbons (Fsp3) is 0.185. The van der Waals surface area contributed by atoms with Crippen molar-refractivity contribution in [3.8, 4) is 22.8 Å². The maximum atomic E-state index is 13.3. The highest BCUT2D eigenvalue weighted by molar-refractivity contribution is 7.60. The predicted octanol–water partition coefficient (Wildman–Crippen LogP) is 6.57. The summed E-state index contributed by atoms with van der Waals surface area (Å²) in [5.74, 6) is 0.905. The van der Waals surface area contributed by atoms with E-state index in [1.165, 1.54) is 25.6 Å². The highest BCUT2D eigenvalue weighted by atomic mass is 35.7. The number of halogens is 4. The number of alkyl halides is 3. The van der Waals surface area contributed by atoms with Gasteiger partial charge in [-0.3, -0.25) is 9.78 Å². The van der Waals surface area contributed by atoms with Crippen molar-refractivity contribution < 1.29 is 22.6 Å². The Hall–Kier alpha value is -3.96. The minimum atomic E-state index is -4.77. The second-order valence-corrected chi connectivity index (χ2v) is 10.7. The van der Waals surface area contributed by atoms with Gasteiger partial charge in [0, 0.05) is 29.0 Å². The third-order valence-corrected chi connectivity index (χ3v) is 7.32. The summed E-state index contributed by atoms with van der Waals surface area (Å²) in [6.45, 7) is 1.63. The summed E-state index contributed by atoms with van der Waals surface area (Å²) in [6, 6.07) is 11.0.